The van der Waals surface area contributed by atoms with Crippen LogP contribution >= 0.6 is 0 Å². The second kappa shape index (κ2) is 5.47. The highest BCUT2D eigenvalue weighted by Crippen LogP contribution is 2.18. The number of aliphatic hydroxyl groups is 1. The van der Waals surface area contributed by atoms with Gasteiger partial charge in [0.25, 0.3) is 0 Å². The molecule has 2 N–H and O–H groups in total. The van der Waals surface area contributed by atoms with Gasteiger partial charge in [0.05, 0.1) is 7.11 Å². The molecule has 4 heteroatoms. The molecule has 1 atom stereocenters. The van der Waals surface area contributed by atoms with Gasteiger partial charge in [-0.05, 0) is 18.8 Å². The Hall–Kier alpha value is -0.610. The van der Waals surface area contributed by atoms with Crippen LogP contribution in [0.15, 0.2) is 0 Å². The van der Waals surface area contributed by atoms with E-state index in [9.17, 15) is 9.90 Å². The zero-order valence-corrected chi connectivity index (χ0v) is 10.4. The fourth-order valence-corrected chi connectivity index (χ4v) is 1.06. The van der Waals surface area contributed by atoms with E-state index in [2.05, 4.69) is 30.8 Å². The Morgan fingerprint density at radius 3 is 2.27 bits per heavy atom. The predicted molar refractivity (Wildman–Crippen MR) is 59.6 cm³/mol. The van der Waals surface area contributed by atoms with Gasteiger partial charge in [-0.3, -0.25) is 0 Å². The maximum Gasteiger partial charge on any atom is 0.338 e. The lowest BCUT2D eigenvalue weighted by atomic mass is 9.90. The summed E-state index contributed by atoms with van der Waals surface area (Å²) in [6.45, 7) is 8.80. The minimum absolute atomic E-state index is 0.173. The van der Waals surface area contributed by atoms with Crippen LogP contribution in [0.2, 0.25) is 0 Å². The number of hydrogen-bond acceptors (Lipinski definition) is 4. The van der Waals surface area contributed by atoms with Crippen molar-refractivity contribution in [1.29, 1.82) is 0 Å². The largest absolute Gasteiger partial charge is 0.467 e. The van der Waals surface area contributed by atoms with Gasteiger partial charge in [-0.1, -0.05) is 20.8 Å². The van der Waals surface area contributed by atoms with Gasteiger partial charge in [0, 0.05) is 13.1 Å². The summed E-state index contributed by atoms with van der Waals surface area (Å²) in [7, 11) is 1.27. The third-order valence-electron chi connectivity index (χ3n) is 2.66. The molecule has 0 radical (unpaired) electrons. The van der Waals surface area contributed by atoms with E-state index in [4.69, 9.17) is 0 Å². The Kier molecular flexibility index (Phi) is 5.24. The van der Waals surface area contributed by atoms with Crippen LogP contribution in [0.1, 0.15) is 34.1 Å². The lowest BCUT2D eigenvalue weighted by Crippen LogP contribution is -2.47. The number of hydrogen-bond donors (Lipinski definition) is 2. The first-order chi connectivity index (χ1) is 6.75. The third kappa shape index (κ3) is 5.14. The zero-order valence-electron chi connectivity index (χ0n) is 10.4. The van der Waals surface area contributed by atoms with Crippen molar-refractivity contribution in [3.05, 3.63) is 0 Å². The molecule has 0 aromatic carbocycles. The normalized spacial score (nSPS) is 15.9. The lowest BCUT2D eigenvalue weighted by Gasteiger charge is -2.26. The predicted octanol–water partition coefficient (Wildman–Crippen LogP) is 0.936. The third-order valence-corrected chi connectivity index (χ3v) is 2.66. The maximum atomic E-state index is 11.1. The quantitative estimate of drug-likeness (QED) is 0.650. The first kappa shape index (κ1) is 14.4. The lowest BCUT2D eigenvalue weighted by molar-refractivity contribution is -0.160. The fourth-order valence-electron chi connectivity index (χ4n) is 1.06. The van der Waals surface area contributed by atoms with Gasteiger partial charge < -0.3 is 15.2 Å². The van der Waals surface area contributed by atoms with Gasteiger partial charge in [-0.15, -0.1) is 0 Å². The topological polar surface area (TPSA) is 58.6 Å². The Morgan fingerprint density at radius 2 is 1.87 bits per heavy atom. The van der Waals surface area contributed by atoms with Gasteiger partial charge >= 0.3 is 5.97 Å². The number of ether oxygens (including phenoxy) is 1. The standard InChI is InChI=1S/C11H23NO3/c1-6-10(2,3)7-12-8-11(4,14)9(13)15-5/h12,14H,6-8H2,1-5H3. The van der Waals surface area contributed by atoms with Crippen LogP contribution in [-0.2, 0) is 9.53 Å². The zero-order chi connectivity index (χ0) is 12.1. The van der Waals surface area contributed by atoms with E-state index in [1.807, 2.05) is 0 Å². The fraction of sp³-hybridized carbons (Fsp3) is 0.909. The van der Waals surface area contributed by atoms with Crippen LogP contribution in [0, 0.1) is 5.41 Å². The highest BCUT2D eigenvalue weighted by molar-refractivity contribution is 5.78. The van der Waals surface area contributed by atoms with Crippen molar-refractivity contribution in [2.75, 3.05) is 20.2 Å². The van der Waals surface area contributed by atoms with Crippen LogP contribution in [-0.4, -0.2) is 36.9 Å². The molecule has 0 heterocycles. The molecule has 0 aliphatic rings. The molecule has 0 bridgehead atoms. The van der Waals surface area contributed by atoms with Crippen molar-refractivity contribution in [3.63, 3.8) is 0 Å². The molecule has 0 aliphatic carbocycles. The van der Waals surface area contributed by atoms with Crippen molar-refractivity contribution < 1.29 is 14.6 Å². The summed E-state index contributed by atoms with van der Waals surface area (Å²) < 4.78 is 4.50. The summed E-state index contributed by atoms with van der Waals surface area (Å²) in [6.07, 6.45) is 1.04. The Bertz CT molecular complexity index is 212. The molecule has 0 aromatic heterocycles. The monoisotopic (exact) mass is 217 g/mol. The Morgan fingerprint density at radius 1 is 1.33 bits per heavy atom. The Balaban J connectivity index is 4.00. The molecule has 0 aliphatic heterocycles. The first-order valence-corrected chi connectivity index (χ1v) is 5.26. The van der Waals surface area contributed by atoms with E-state index < -0.39 is 11.6 Å². The molecular formula is C11H23NO3. The summed E-state index contributed by atoms with van der Waals surface area (Å²) in [6, 6.07) is 0. The second-order valence-corrected chi connectivity index (χ2v) is 4.89. The maximum absolute atomic E-state index is 11.1. The van der Waals surface area contributed by atoms with Crippen molar-refractivity contribution in [1.82, 2.24) is 5.32 Å². The molecule has 15 heavy (non-hydrogen) atoms. The van der Waals surface area contributed by atoms with E-state index in [1.165, 1.54) is 14.0 Å². The average Bonchev–Trinajstić information content (AvgIpc) is 2.16. The molecule has 90 valence electrons. The molecule has 0 aromatic rings. The van der Waals surface area contributed by atoms with Crippen molar-refractivity contribution in [2.45, 2.75) is 39.7 Å². The summed E-state index contributed by atoms with van der Waals surface area (Å²) in [5.74, 6) is -0.607. The van der Waals surface area contributed by atoms with Crippen molar-refractivity contribution in [2.24, 2.45) is 5.41 Å². The summed E-state index contributed by atoms with van der Waals surface area (Å²) in [5.41, 5.74) is -1.27. The molecule has 1 unspecified atom stereocenters. The van der Waals surface area contributed by atoms with Gasteiger partial charge in [0.1, 0.15) is 0 Å². The summed E-state index contributed by atoms with van der Waals surface area (Å²) in [5, 5.41) is 12.8. The SMILES string of the molecule is CCC(C)(C)CNCC(C)(O)C(=O)OC. The summed E-state index contributed by atoms with van der Waals surface area (Å²) in [4.78, 5) is 11.1. The molecule has 0 saturated heterocycles. The molecule has 0 amide bonds. The van der Waals surface area contributed by atoms with Crippen LogP contribution in [0.4, 0.5) is 0 Å². The number of esters is 1. The molecule has 0 fully saturated rings. The summed E-state index contributed by atoms with van der Waals surface area (Å²) >= 11 is 0. The Labute approximate surface area is 92.0 Å². The molecule has 0 saturated carbocycles. The van der Waals surface area contributed by atoms with E-state index in [1.54, 1.807) is 0 Å². The van der Waals surface area contributed by atoms with Crippen LogP contribution in [0.3, 0.4) is 0 Å². The number of rotatable bonds is 6. The van der Waals surface area contributed by atoms with E-state index in [0.717, 1.165) is 13.0 Å². The molecule has 4 nitrogen and oxygen atoms in total. The van der Waals surface area contributed by atoms with Gasteiger partial charge in [0.15, 0.2) is 5.60 Å². The van der Waals surface area contributed by atoms with E-state index in [0.29, 0.717) is 0 Å². The molecule has 0 rings (SSSR count). The van der Waals surface area contributed by atoms with E-state index in [-0.39, 0.29) is 12.0 Å². The average molecular weight is 217 g/mol. The van der Waals surface area contributed by atoms with Crippen LogP contribution in [0.5, 0.6) is 0 Å². The minimum Gasteiger partial charge on any atom is -0.467 e. The smallest absolute Gasteiger partial charge is 0.338 e. The number of methoxy groups -OCH3 is 1. The van der Waals surface area contributed by atoms with Gasteiger partial charge in [0.2, 0.25) is 0 Å². The van der Waals surface area contributed by atoms with Gasteiger partial charge in [-0.25, -0.2) is 4.79 Å². The number of nitrogens with one attached hydrogen (secondary N) is 1. The number of carbonyl (C=O) groups is 1. The first-order valence-electron chi connectivity index (χ1n) is 5.26. The van der Waals surface area contributed by atoms with Crippen molar-refractivity contribution >= 4 is 5.97 Å². The van der Waals surface area contributed by atoms with Crippen LogP contribution < -0.4 is 5.32 Å². The van der Waals surface area contributed by atoms with Crippen LogP contribution in [0.25, 0.3) is 0 Å². The van der Waals surface area contributed by atoms with E-state index >= 15 is 0 Å². The number of carbonyl (C=O) groups excluding carboxylic acids is 1. The highest BCUT2D eigenvalue weighted by atomic mass is 16.5. The van der Waals surface area contributed by atoms with Crippen molar-refractivity contribution in [3.8, 4) is 0 Å². The minimum atomic E-state index is -1.45. The molecule has 0 spiro atoms. The second-order valence-electron chi connectivity index (χ2n) is 4.89. The highest BCUT2D eigenvalue weighted by Gasteiger charge is 2.31. The molecular weight excluding hydrogens is 194 g/mol. The van der Waals surface area contributed by atoms with Gasteiger partial charge in [-0.2, -0.15) is 0 Å².